The van der Waals surface area contributed by atoms with Gasteiger partial charge in [-0.05, 0) is 25.0 Å². The van der Waals surface area contributed by atoms with Crippen LogP contribution in [0.25, 0.3) is 0 Å². The Kier molecular flexibility index (Phi) is 8.18. The lowest BCUT2D eigenvalue weighted by Crippen LogP contribution is -2.41. The van der Waals surface area contributed by atoms with Crippen molar-refractivity contribution in [2.45, 2.75) is 90.0 Å². The van der Waals surface area contributed by atoms with Crippen molar-refractivity contribution < 1.29 is 47.7 Å². The molecule has 36 heavy (non-hydrogen) atoms. The van der Waals surface area contributed by atoms with Crippen LogP contribution in [0.5, 0.6) is 0 Å². The van der Waals surface area contributed by atoms with Crippen LogP contribution in [0.3, 0.4) is 0 Å². The highest BCUT2D eigenvalue weighted by Crippen LogP contribution is 2.50. The van der Waals surface area contributed by atoms with E-state index in [1.807, 2.05) is 0 Å². The van der Waals surface area contributed by atoms with Crippen molar-refractivity contribution in [1.29, 1.82) is 0 Å². The number of epoxide rings is 1. The Morgan fingerprint density at radius 3 is 2.28 bits per heavy atom. The van der Waals surface area contributed by atoms with E-state index >= 15 is 0 Å². The molecule has 0 aromatic carbocycles. The molecule has 10 heteroatoms. The van der Waals surface area contributed by atoms with Crippen molar-refractivity contribution in [3.63, 3.8) is 0 Å². The first-order chi connectivity index (χ1) is 16.9. The molecule has 7 atom stereocenters. The number of hydrogen-bond donors (Lipinski definition) is 0. The van der Waals surface area contributed by atoms with Crippen LogP contribution < -0.4 is 0 Å². The van der Waals surface area contributed by atoms with Crippen LogP contribution in [-0.2, 0) is 47.7 Å². The maximum Gasteiger partial charge on any atom is 0.334 e. The molecule has 2 fully saturated rings. The van der Waals surface area contributed by atoms with Gasteiger partial charge in [0, 0.05) is 45.6 Å². The number of esters is 4. The first-order valence-electron chi connectivity index (χ1n) is 11.8. The van der Waals surface area contributed by atoms with E-state index in [1.54, 1.807) is 26.0 Å². The Bertz CT molecular complexity index is 1020. The molecule has 2 heterocycles. The summed E-state index contributed by atoms with van der Waals surface area (Å²) in [5.41, 5.74) is 0.0729. The Morgan fingerprint density at radius 2 is 1.69 bits per heavy atom. The summed E-state index contributed by atoms with van der Waals surface area (Å²) in [7, 11) is 0. The molecule has 0 N–H and O–H groups in total. The molecule has 0 spiro atoms. The molecule has 0 unspecified atom stereocenters. The Morgan fingerprint density at radius 1 is 1.06 bits per heavy atom. The van der Waals surface area contributed by atoms with E-state index in [0.717, 1.165) is 0 Å². The highest BCUT2D eigenvalue weighted by Gasteiger charge is 2.67. The molecule has 2 saturated heterocycles. The van der Waals surface area contributed by atoms with E-state index in [1.165, 1.54) is 20.8 Å². The molecule has 196 valence electrons. The highest BCUT2D eigenvalue weighted by molar-refractivity contribution is 5.91. The van der Waals surface area contributed by atoms with Gasteiger partial charge in [0.05, 0.1) is 5.92 Å². The number of aldehydes is 1. The zero-order valence-corrected chi connectivity index (χ0v) is 21.1. The Balaban J connectivity index is 2.09. The van der Waals surface area contributed by atoms with Gasteiger partial charge in [-0.25, -0.2) is 4.79 Å². The zero-order valence-electron chi connectivity index (χ0n) is 21.1. The van der Waals surface area contributed by atoms with Gasteiger partial charge in [0.2, 0.25) is 0 Å². The lowest BCUT2D eigenvalue weighted by Gasteiger charge is -2.28. The molecule has 0 saturated carbocycles. The van der Waals surface area contributed by atoms with Crippen LogP contribution in [0.4, 0.5) is 0 Å². The van der Waals surface area contributed by atoms with Crippen LogP contribution in [0.15, 0.2) is 35.5 Å². The number of rotatable bonds is 4. The summed E-state index contributed by atoms with van der Waals surface area (Å²) in [5, 5.41) is 0. The second-order valence-corrected chi connectivity index (χ2v) is 9.51. The molecule has 0 aromatic heterocycles. The van der Waals surface area contributed by atoms with Crippen LogP contribution in [0.2, 0.25) is 0 Å². The van der Waals surface area contributed by atoms with Gasteiger partial charge < -0.3 is 23.7 Å². The summed E-state index contributed by atoms with van der Waals surface area (Å²) in [6.07, 6.45) is 0.525. The summed E-state index contributed by atoms with van der Waals surface area (Å²) >= 11 is 0. The number of ether oxygens (including phenoxy) is 5. The topological polar surface area (TPSA) is 135 Å². The smallest absolute Gasteiger partial charge is 0.334 e. The third-order valence-electron chi connectivity index (χ3n) is 6.77. The molecule has 3 aliphatic rings. The first-order valence-corrected chi connectivity index (χ1v) is 11.8. The Labute approximate surface area is 209 Å². The summed E-state index contributed by atoms with van der Waals surface area (Å²) in [6, 6.07) is 0. The quantitative estimate of drug-likeness (QED) is 0.140. The van der Waals surface area contributed by atoms with E-state index in [9.17, 15) is 24.0 Å². The van der Waals surface area contributed by atoms with Gasteiger partial charge in [0.1, 0.15) is 42.4 Å². The fourth-order valence-electron chi connectivity index (χ4n) is 4.86. The summed E-state index contributed by atoms with van der Waals surface area (Å²) < 4.78 is 28.2. The molecule has 1 aliphatic carbocycles. The molecule has 0 amide bonds. The van der Waals surface area contributed by atoms with E-state index in [4.69, 9.17) is 23.7 Å². The molecular formula is C26H32O10. The van der Waals surface area contributed by atoms with E-state index in [0.29, 0.717) is 17.4 Å². The highest BCUT2D eigenvalue weighted by atomic mass is 16.7. The summed E-state index contributed by atoms with van der Waals surface area (Å²) in [5.74, 6) is -3.07. The maximum atomic E-state index is 12.5. The van der Waals surface area contributed by atoms with Crippen molar-refractivity contribution in [2.24, 2.45) is 5.92 Å². The minimum absolute atomic E-state index is 0.0216. The molecule has 2 aliphatic heterocycles. The van der Waals surface area contributed by atoms with Crippen LogP contribution in [0.1, 0.15) is 53.9 Å². The van der Waals surface area contributed by atoms with Crippen molar-refractivity contribution in [1.82, 2.24) is 0 Å². The first kappa shape index (κ1) is 27.3. The molecule has 10 nitrogen and oxygen atoms in total. The minimum Gasteiger partial charge on any atom is -0.461 e. The monoisotopic (exact) mass is 504 g/mol. The molecule has 0 aromatic rings. The minimum atomic E-state index is -1.01. The van der Waals surface area contributed by atoms with Gasteiger partial charge in [-0.1, -0.05) is 18.7 Å². The van der Waals surface area contributed by atoms with Crippen molar-refractivity contribution in [3.05, 3.63) is 35.5 Å². The lowest BCUT2D eigenvalue weighted by atomic mass is 9.82. The van der Waals surface area contributed by atoms with Gasteiger partial charge in [0.25, 0.3) is 0 Å². The third-order valence-corrected chi connectivity index (χ3v) is 6.77. The average molecular weight is 505 g/mol. The predicted octanol–water partition coefficient (Wildman–Crippen LogP) is 2.29. The number of fused-ring (bicyclic) bond motifs is 3. The Hall–Kier alpha value is -3.27. The number of carbonyl (C=O) groups excluding carboxylic acids is 5. The molecular weight excluding hydrogens is 472 g/mol. The van der Waals surface area contributed by atoms with Crippen LogP contribution in [-0.4, -0.2) is 66.3 Å². The van der Waals surface area contributed by atoms with Gasteiger partial charge in [-0.15, -0.1) is 0 Å². The number of hydrogen-bond acceptors (Lipinski definition) is 10. The van der Waals surface area contributed by atoms with Gasteiger partial charge in [-0.3, -0.25) is 19.2 Å². The fourth-order valence-corrected chi connectivity index (χ4v) is 4.86. The molecule has 0 radical (unpaired) electrons. The van der Waals surface area contributed by atoms with Crippen molar-refractivity contribution in [3.8, 4) is 0 Å². The van der Waals surface area contributed by atoms with Gasteiger partial charge in [-0.2, -0.15) is 0 Å². The second-order valence-electron chi connectivity index (χ2n) is 9.51. The van der Waals surface area contributed by atoms with E-state index in [-0.39, 0.29) is 24.8 Å². The number of carbonyl (C=O) groups is 5. The summed E-state index contributed by atoms with van der Waals surface area (Å²) in [4.78, 5) is 60.0. The standard InChI is InChI=1S/C26H32O10/c1-13-7-10-21(34-17(5)30)26(6)24(36-26)23-22(14(2)25(31)35-23)20(33-16(4)29)11-18(12-27)8-9-19(13)32-15(3)28/h7-8,12,19-24H,2,9-11H2,1,3-6H3/b13-7+,18-8-/t19-,20-,21-,22-,23+,24+,26+/m1/s1. The fraction of sp³-hybridized carbons (Fsp3) is 0.577. The molecule has 0 bridgehead atoms. The largest absolute Gasteiger partial charge is 0.461 e. The SMILES string of the molecule is C=C1C(=O)O[C@H]2[C@H]1[C@H](OC(C)=O)C/C(C=O)=C/C[C@@H](OC(C)=O)/C(C)=C/C[C@@H](OC(C)=O)[C@]1(C)O[C@@H]21. The normalized spacial score (nSPS) is 37.4. The van der Waals surface area contributed by atoms with Crippen LogP contribution in [0, 0.1) is 5.92 Å². The van der Waals surface area contributed by atoms with Gasteiger partial charge >= 0.3 is 23.9 Å². The van der Waals surface area contributed by atoms with Crippen molar-refractivity contribution >= 4 is 30.2 Å². The average Bonchev–Trinajstić information content (AvgIpc) is 3.38. The zero-order chi connectivity index (χ0) is 26.8. The second kappa shape index (κ2) is 10.8. The third kappa shape index (κ3) is 5.92. The van der Waals surface area contributed by atoms with E-state index in [2.05, 4.69) is 6.58 Å². The van der Waals surface area contributed by atoms with Crippen molar-refractivity contribution in [2.75, 3.05) is 0 Å². The summed E-state index contributed by atoms with van der Waals surface area (Å²) in [6.45, 7) is 11.2. The maximum absolute atomic E-state index is 12.5. The lowest BCUT2D eigenvalue weighted by molar-refractivity contribution is -0.152. The molecule has 3 rings (SSSR count). The van der Waals surface area contributed by atoms with Crippen LogP contribution >= 0.6 is 0 Å². The van der Waals surface area contributed by atoms with Gasteiger partial charge in [0.15, 0.2) is 0 Å². The predicted molar refractivity (Wildman–Crippen MR) is 124 cm³/mol. The van der Waals surface area contributed by atoms with E-state index < -0.39 is 65.9 Å².